The molecule has 1 saturated heterocycles. The molecule has 2 atom stereocenters. The van der Waals surface area contributed by atoms with E-state index in [2.05, 4.69) is 9.97 Å². The van der Waals surface area contributed by atoms with Crippen LogP contribution in [0.1, 0.15) is 6.42 Å². The number of carboxylic acid groups (broad SMARTS) is 1. The van der Waals surface area contributed by atoms with Crippen LogP contribution in [-0.4, -0.2) is 49.9 Å². The molecule has 0 bridgehead atoms. The number of nitrogens with zero attached hydrogens (tertiary/aromatic N) is 4. The topological polar surface area (TPSA) is 91.5 Å². The quantitative estimate of drug-likeness (QED) is 0.694. The fraction of sp³-hybridized carbons (Fsp3) is 0.278. The van der Waals surface area contributed by atoms with Crippen LogP contribution in [0.4, 0.5) is 5.82 Å². The maximum absolute atomic E-state index is 11.4. The third-order valence-electron chi connectivity index (χ3n) is 4.84. The molecule has 1 aliphatic heterocycles. The molecule has 3 aromatic rings. The second-order valence-corrected chi connectivity index (χ2v) is 7.26. The van der Waals surface area contributed by atoms with Crippen molar-refractivity contribution in [3.05, 3.63) is 47.0 Å². The monoisotopic (exact) mass is 406 g/mol. The molecule has 3 heterocycles. The van der Waals surface area contributed by atoms with Gasteiger partial charge in [-0.1, -0.05) is 23.2 Å². The Morgan fingerprint density at radius 3 is 2.81 bits per heavy atom. The largest absolute Gasteiger partial charge is 0.481 e. The smallest absolute Gasteiger partial charge is 0.310 e. The molecule has 0 spiro atoms. The number of piperidine rings is 1. The van der Waals surface area contributed by atoms with Gasteiger partial charge in [-0.3, -0.25) is 4.79 Å². The van der Waals surface area contributed by atoms with Crippen LogP contribution in [0.5, 0.6) is 0 Å². The molecule has 0 aliphatic carbocycles. The van der Waals surface area contributed by atoms with Gasteiger partial charge in [-0.15, -0.1) is 0 Å². The third-order valence-corrected chi connectivity index (χ3v) is 5.63. The number of halogens is 2. The van der Waals surface area contributed by atoms with E-state index in [9.17, 15) is 15.0 Å². The number of aliphatic hydroxyl groups excluding tert-OH is 1. The molecule has 0 saturated carbocycles. The number of aliphatic hydroxyl groups is 1. The van der Waals surface area contributed by atoms with Crippen LogP contribution in [0.3, 0.4) is 0 Å². The van der Waals surface area contributed by atoms with E-state index in [0.717, 1.165) is 11.1 Å². The van der Waals surface area contributed by atoms with Gasteiger partial charge in [0, 0.05) is 36.9 Å². The Labute approximate surface area is 164 Å². The zero-order valence-corrected chi connectivity index (χ0v) is 15.6. The first-order valence-electron chi connectivity index (χ1n) is 8.38. The summed E-state index contributed by atoms with van der Waals surface area (Å²) in [4.78, 5) is 22.0. The van der Waals surface area contributed by atoms with E-state index in [1.807, 2.05) is 21.6 Å². The Morgan fingerprint density at radius 2 is 2.11 bits per heavy atom. The van der Waals surface area contributed by atoms with E-state index in [4.69, 9.17) is 23.2 Å². The number of anilines is 1. The number of hydrogen-bond donors (Lipinski definition) is 2. The van der Waals surface area contributed by atoms with Crippen molar-refractivity contribution in [1.29, 1.82) is 0 Å². The minimum atomic E-state index is -1.02. The summed E-state index contributed by atoms with van der Waals surface area (Å²) in [5.74, 6) is -1.32. The highest BCUT2D eigenvalue weighted by atomic mass is 35.5. The summed E-state index contributed by atoms with van der Waals surface area (Å²) in [6, 6.07) is 5.42. The zero-order chi connectivity index (χ0) is 19.1. The number of carboxylic acids is 1. The number of benzene rings is 1. The Morgan fingerprint density at radius 1 is 1.30 bits per heavy atom. The normalized spacial score (nSPS) is 20.2. The van der Waals surface area contributed by atoms with Crippen molar-refractivity contribution in [2.24, 2.45) is 5.92 Å². The lowest BCUT2D eigenvalue weighted by Crippen LogP contribution is -2.46. The van der Waals surface area contributed by atoms with Crippen LogP contribution in [0.2, 0.25) is 10.0 Å². The first-order chi connectivity index (χ1) is 13.0. The average Bonchev–Trinajstić information content (AvgIpc) is 3.19. The molecular weight excluding hydrogens is 391 g/mol. The van der Waals surface area contributed by atoms with Crippen molar-refractivity contribution in [3.8, 4) is 5.69 Å². The maximum Gasteiger partial charge on any atom is 0.310 e. The molecule has 7 nitrogen and oxygen atoms in total. The van der Waals surface area contributed by atoms with Crippen LogP contribution >= 0.6 is 23.2 Å². The van der Waals surface area contributed by atoms with Gasteiger partial charge in [0.1, 0.15) is 11.7 Å². The molecule has 1 aromatic carbocycles. The molecule has 0 radical (unpaired) electrons. The van der Waals surface area contributed by atoms with E-state index in [-0.39, 0.29) is 6.54 Å². The Kier molecular flexibility index (Phi) is 4.67. The van der Waals surface area contributed by atoms with Gasteiger partial charge in [-0.2, -0.15) is 0 Å². The highest BCUT2D eigenvalue weighted by molar-refractivity contribution is 6.45. The fourth-order valence-electron chi connectivity index (χ4n) is 3.37. The van der Waals surface area contributed by atoms with Gasteiger partial charge in [0.25, 0.3) is 0 Å². The summed E-state index contributed by atoms with van der Waals surface area (Å²) >= 11 is 12.6. The molecule has 9 heteroatoms. The zero-order valence-electron chi connectivity index (χ0n) is 14.1. The third kappa shape index (κ3) is 3.22. The van der Waals surface area contributed by atoms with Gasteiger partial charge in [-0.25, -0.2) is 9.97 Å². The van der Waals surface area contributed by atoms with Crippen molar-refractivity contribution >= 4 is 45.9 Å². The number of rotatable bonds is 3. The van der Waals surface area contributed by atoms with Gasteiger partial charge in [-0.05, 0) is 18.6 Å². The van der Waals surface area contributed by atoms with E-state index >= 15 is 0 Å². The molecule has 27 heavy (non-hydrogen) atoms. The molecule has 140 valence electrons. The van der Waals surface area contributed by atoms with Crippen LogP contribution in [0.25, 0.3) is 16.6 Å². The van der Waals surface area contributed by atoms with Crippen LogP contribution in [-0.2, 0) is 4.79 Å². The Bertz CT molecular complexity index is 1010. The molecule has 0 amide bonds. The van der Waals surface area contributed by atoms with Crippen LogP contribution < -0.4 is 4.90 Å². The van der Waals surface area contributed by atoms with Crippen LogP contribution in [0, 0.1) is 5.92 Å². The number of imidazole rings is 1. The lowest BCUT2D eigenvalue weighted by atomic mass is 9.95. The van der Waals surface area contributed by atoms with Crippen molar-refractivity contribution in [1.82, 2.24) is 14.5 Å². The van der Waals surface area contributed by atoms with Gasteiger partial charge in [0.2, 0.25) is 0 Å². The van der Waals surface area contributed by atoms with Crippen molar-refractivity contribution in [3.63, 3.8) is 0 Å². The molecule has 1 aliphatic rings. The van der Waals surface area contributed by atoms with E-state index in [1.54, 1.807) is 24.8 Å². The number of pyridine rings is 1. The molecule has 2 N–H and O–H groups in total. The van der Waals surface area contributed by atoms with Crippen molar-refractivity contribution in [2.75, 3.05) is 18.0 Å². The second-order valence-electron chi connectivity index (χ2n) is 6.47. The highest BCUT2D eigenvalue weighted by Crippen LogP contribution is 2.35. The Balaban J connectivity index is 1.86. The predicted octanol–water partition coefficient (Wildman–Crippen LogP) is 3.00. The minimum absolute atomic E-state index is 0.163. The maximum atomic E-state index is 11.4. The number of aliphatic carboxylic acids is 1. The van der Waals surface area contributed by atoms with Gasteiger partial charge < -0.3 is 19.7 Å². The van der Waals surface area contributed by atoms with Crippen LogP contribution in [0.15, 0.2) is 36.9 Å². The summed E-state index contributed by atoms with van der Waals surface area (Å²) in [6.45, 7) is 0.654. The number of fused-ring (bicyclic) bond motifs is 1. The minimum Gasteiger partial charge on any atom is -0.481 e. The van der Waals surface area contributed by atoms with E-state index in [0.29, 0.717) is 34.3 Å². The Hall–Kier alpha value is -2.35. The first-order valence-corrected chi connectivity index (χ1v) is 9.14. The number of carbonyl (C=O) groups is 1. The predicted molar refractivity (Wildman–Crippen MR) is 103 cm³/mol. The summed E-state index contributed by atoms with van der Waals surface area (Å²) in [6.07, 6.45) is 4.62. The standard InChI is InChI=1S/C18H16Cl2N4O3/c19-12-2-1-10-13(24-6-4-21-9-24)7-15(22-17(10)16(12)20)23-5-3-14(25)11(8-23)18(26)27/h1-2,4,6-7,9,11,14,25H,3,5,8H2,(H,26,27). The molecule has 2 unspecified atom stereocenters. The summed E-state index contributed by atoms with van der Waals surface area (Å²) in [5.41, 5.74) is 1.34. The molecule has 4 rings (SSSR count). The van der Waals surface area contributed by atoms with Crippen molar-refractivity contribution in [2.45, 2.75) is 12.5 Å². The lowest BCUT2D eigenvalue weighted by Gasteiger charge is -2.35. The number of hydrogen-bond acceptors (Lipinski definition) is 5. The molecular formula is C18H16Cl2N4O3. The second kappa shape index (κ2) is 6.99. The SMILES string of the molecule is O=C(O)C1CN(c2cc(-n3ccnc3)c3ccc(Cl)c(Cl)c3n2)CCC1O. The number of aromatic nitrogens is 3. The average molecular weight is 407 g/mol. The van der Waals surface area contributed by atoms with E-state index < -0.39 is 18.0 Å². The molecule has 1 fully saturated rings. The summed E-state index contributed by atoms with van der Waals surface area (Å²) in [5, 5.41) is 20.9. The summed E-state index contributed by atoms with van der Waals surface area (Å²) in [7, 11) is 0. The highest BCUT2D eigenvalue weighted by Gasteiger charge is 2.34. The van der Waals surface area contributed by atoms with Gasteiger partial charge in [0.05, 0.1) is 33.7 Å². The van der Waals surface area contributed by atoms with Gasteiger partial charge >= 0.3 is 5.97 Å². The first kappa shape index (κ1) is 18.0. The van der Waals surface area contributed by atoms with Crippen molar-refractivity contribution < 1.29 is 15.0 Å². The lowest BCUT2D eigenvalue weighted by molar-refractivity contribution is -0.146. The van der Waals surface area contributed by atoms with Gasteiger partial charge in [0.15, 0.2) is 0 Å². The van der Waals surface area contributed by atoms with E-state index in [1.165, 1.54) is 0 Å². The fourth-order valence-corrected chi connectivity index (χ4v) is 3.73. The molecule has 2 aromatic heterocycles. The summed E-state index contributed by atoms with van der Waals surface area (Å²) < 4.78 is 1.84.